The molecule has 0 aliphatic heterocycles. The zero-order valence-electron chi connectivity index (χ0n) is 15.6. The van der Waals surface area contributed by atoms with Crippen LogP contribution in [0.25, 0.3) is 6.08 Å². The highest BCUT2D eigenvalue weighted by Crippen LogP contribution is 2.23. The van der Waals surface area contributed by atoms with Crippen molar-refractivity contribution in [3.8, 4) is 17.2 Å². The van der Waals surface area contributed by atoms with Gasteiger partial charge >= 0.3 is 0 Å². The van der Waals surface area contributed by atoms with Crippen molar-refractivity contribution in [1.29, 1.82) is 0 Å². The number of aromatic nitrogens is 1. The van der Waals surface area contributed by atoms with Gasteiger partial charge in [0.1, 0.15) is 22.9 Å². The highest BCUT2D eigenvalue weighted by atomic mass is 16.5. The number of aromatic hydroxyl groups is 1. The van der Waals surface area contributed by atoms with E-state index in [9.17, 15) is 14.7 Å². The molecule has 0 bridgehead atoms. The van der Waals surface area contributed by atoms with Gasteiger partial charge in [-0.1, -0.05) is 12.1 Å². The van der Waals surface area contributed by atoms with Crippen LogP contribution >= 0.6 is 0 Å². The molecule has 0 radical (unpaired) electrons. The van der Waals surface area contributed by atoms with E-state index in [2.05, 4.69) is 15.6 Å². The third kappa shape index (κ3) is 5.67. The number of nitrogens with one attached hydrogen (secondary N) is 2. The second-order valence-corrected chi connectivity index (χ2v) is 6.00. The summed E-state index contributed by atoms with van der Waals surface area (Å²) in [4.78, 5) is 27.7. The highest BCUT2D eigenvalue weighted by molar-refractivity contribution is 6.02. The molecule has 3 aromatic rings. The molecule has 0 unspecified atom stereocenters. The summed E-state index contributed by atoms with van der Waals surface area (Å²) in [6.07, 6.45) is 4.49. The summed E-state index contributed by atoms with van der Waals surface area (Å²) in [6.45, 7) is 0. The highest BCUT2D eigenvalue weighted by Gasteiger charge is 2.07. The van der Waals surface area contributed by atoms with Gasteiger partial charge in [0.25, 0.3) is 5.91 Å². The van der Waals surface area contributed by atoms with Crippen molar-refractivity contribution in [3.05, 3.63) is 84.2 Å². The van der Waals surface area contributed by atoms with Crippen LogP contribution in [0.5, 0.6) is 17.2 Å². The standard InChI is InChI=1S/C22H19N3O4/c1-23-22(28)20-14-19(11-12-24-20)29-18-8-6-16(7-9-18)25-21(27)10-5-15-3-2-4-17(26)13-15/h2-14,26H,1H3,(H,23,28)(H,25,27). The first-order chi connectivity index (χ1) is 14.0. The molecule has 7 heteroatoms. The van der Waals surface area contributed by atoms with Crippen molar-refractivity contribution in [3.63, 3.8) is 0 Å². The van der Waals surface area contributed by atoms with Crippen LogP contribution in [0, 0.1) is 0 Å². The maximum absolute atomic E-state index is 12.0. The maximum Gasteiger partial charge on any atom is 0.269 e. The lowest BCUT2D eigenvalue weighted by Gasteiger charge is -2.08. The quantitative estimate of drug-likeness (QED) is 0.560. The Labute approximate surface area is 167 Å². The first kappa shape index (κ1) is 19.6. The van der Waals surface area contributed by atoms with Crippen LogP contribution in [0.2, 0.25) is 0 Å². The van der Waals surface area contributed by atoms with Crippen LogP contribution in [0.3, 0.4) is 0 Å². The van der Waals surface area contributed by atoms with Gasteiger partial charge in [-0.2, -0.15) is 0 Å². The van der Waals surface area contributed by atoms with Gasteiger partial charge in [0, 0.05) is 31.1 Å². The lowest BCUT2D eigenvalue weighted by molar-refractivity contribution is -0.111. The third-order valence-electron chi connectivity index (χ3n) is 3.85. The van der Waals surface area contributed by atoms with Gasteiger partial charge in [0.05, 0.1) is 0 Å². The van der Waals surface area contributed by atoms with Crippen molar-refractivity contribution in [2.45, 2.75) is 0 Å². The number of phenols is 1. The van der Waals surface area contributed by atoms with Gasteiger partial charge in [-0.15, -0.1) is 0 Å². The number of ether oxygens (including phenoxy) is 1. The summed E-state index contributed by atoms with van der Waals surface area (Å²) in [5, 5.41) is 14.7. The molecular formula is C22H19N3O4. The summed E-state index contributed by atoms with van der Waals surface area (Å²) >= 11 is 0. The monoisotopic (exact) mass is 389 g/mol. The molecule has 3 rings (SSSR count). The van der Waals surface area contributed by atoms with Crippen LogP contribution in [-0.4, -0.2) is 29.0 Å². The molecule has 146 valence electrons. The minimum Gasteiger partial charge on any atom is -0.508 e. The number of rotatable bonds is 6. The van der Waals surface area contributed by atoms with Crippen molar-refractivity contribution >= 4 is 23.6 Å². The fourth-order valence-electron chi connectivity index (χ4n) is 2.45. The van der Waals surface area contributed by atoms with Gasteiger partial charge in [-0.3, -0.25) is 14.6 Å². The summed E-state index contributed by atoms with van der Waals surface area (Å²) in [6, 6.07) is 16.6. The summed E-state index contributed by atoms with van der Waals surface area (Å²) < 4.78 is 5.72. The molecule has 1 aromatic heterocycles. The maximum atomic E-state index is 12.0. The number of nitrogens with zero attached hydrogens (tertiary/aromatic N) is 1. The Balaban J connectivity index is 1.60. The fourth-order valence-corrected chi connectivity index (χ4v) is 2.45. The van der Waals surface area contributed by atoms with Crippen LogP contribution in [0.15, 0.2) is 72.9 Å². The predicted molar refractivity (Wildman–Crippen MR) is 110 cm³/mol. The number of phenolic OH excluding ortho intramolecular Hbond substituents is 1. The molecule has 7 nitrogen and oxygen atoms in total. The van der Waals surface area contributed by atoms with E-state index in [1.54, 1.807) is 66.7 Å². The normalized spacial score (nSPS) is 10.5. The van der Waals surface area contributed by atoms with Gasteiger partial charge in [-0.05, 0) is 54.1 Å². The number of carbonyl (C=O) groups is 2. The lowest BCUT2D eigenvalue weighted by Crippen LogP contribution is -2.18. The first-order valence-corrected chi connectivity index (χ1v) is 8.77. The van der Waals surface area contributed by atoms with Crippen LogP contribution in [-0.2, 0) is 4.79 Å². The van der Waals surface area contributed by atoms with E-state index >= 15 is 0 Å². The first-order valence-electron chi connectivity index (χ1n) is 8.77. The molecule has 0 atom stereocenters. The van der Waals surface area contributed by atoms with Crippen LogP contribution in [0.4, 0.5) is 5.69 Å². The zero-order valence-corrected chi connectivity index (χ0v) is 15.6. The summed E-state index contributed by atoms with van der Waals surface area (Å²) in [5.41, 5.74) is 1.58. The molecular weight excluding hydrogens is 370 g/mol. The third-order valence-corrected chi connectivity index (χ3v) is 3.85. The van der Waals surface area contributed by atoms with E-state index in [1.165, 1.54) is 19.3 Å². The van der Waals surface area contributed by atoms with E-state index in [0.717, 1.165) is 5.56 Å². The molecule has 0 saturated heterocycles. The van der Waals surface area contributed by atoms with Gasteiger partial charge in [-0.25, -0.2) is 0 Å². The molecule has 0 fully saturated rings. The molecule has 0 aliphatic carbocycles. The second-order valence-electron chi connectivity index (χ2n) is 6.00. The predicted octanol–water partition coefficient (Wildman–Crippen LogP) is 3.59. The van der Waals surface area contributed by atoms with E-state index in [0.29, 0.717) is 17.2 Å². The van der Waals surface area contributed by atoms with Crippen molar-refractivity contribution < 1.29 is 19.4 Å². The van der Waals surface area contributed by atoms with E-state index in [4.69, 9.17) is 4.74 Å². The number of pyridine rings is 1. The van der Waals surface area contributed by atoms with Gasteiger partial charge < -0.3 is 20.5 Å². The Kier molecular flexibility index (Phi) is 6.22. The molecule has 1 heterocycles. The van der Waals surface area contributed by atoms with Gasteiger partial charge in [0.2, 0.25) is 5.91 Å². The number of benzene rings is 2. The molecule has 2 aromatic carbocycles. The van der Waals surface area contributed by atoms with Gasteiger partial charge in [0.15, 0.2) is 0 Å². The number of anilines is 1. The SMILES string of the molecule is CNC(=O)c1cc(Oc2ccc(NC(=O)C=Cc3cccc(O)c3)cc2)ccn1. The van der Waals surface area contributed by atoms with E-state index in [-0.39, 0.29) is 23.3 Å². The largest absolute Gasteiger partial charge is 0.508 e. The minimum absolute atomic E-state index is 0.139. The summed E-state index contributed by atoms with van der Waals surface area (Å²) in [7, 11) is 1.53. The number of hydrogen-bond acceptors (Lipinski definition) is 5. The average Bonchev–Trinajstić information content (AvgIpc) is 2.73. The fraction of sp³-hybridized carbons (Fsp3) is 0.0455. The van der Waals surface area contributed by atoms with E-state index in [1.807, 2.05) is 0 Å². The average molecular weight is 389 g/mol. The van der Waals surface area contributed by atoms with Crippen LogP contribution < -0.4 is 15.4 Å². The number of hydrogen-bond donors (Lipinski definition) is 3. The molecule has 0 spiro atoms. The molecule has 29 heavy (non-hydrogen) atoms. The van der Waals surface area contributed by atoms with Crippen LogP contribution in [0.1, 0.15) is 16.1 Å². The Morgan fingerprint density at radius 2 is 1.83 bits per heavy atom. The zero-order chi connectivity index (χ0) is 20.6. The smallest absolute Gasteiger partial charge is 0.269 e. The van der Waals surface area contributed by atoms with Crippen molar-refractivity contribution in [1.82, 2.24) is 10.3 Å². The Morgan fingerprint density at radius 3 is 2.55 bits per heavy atom. The molecule has 0 aliphatic rings. The minimum atomic E-state index is -0.300. The Hall–Kier alpha value is -4.13. The Bertz CT molecular complexity index is 1050. The summed E-state index contributed by atoms with van der Waals surface area (Å²) in [5.74, 6) is 0.565. The second kappa shape index (κ2) is 9.18. The number of carbonyl (C=O) groups excluding carboxylic acids is 2. The van der Waals surface area contributed by atoms with E-state index < -0.39 is 0 Å². The topological polar surface area (TPSA) is 101 Å². The van der Waals surface area contributed by atoms with Crippen molar-refractivity contribution in [2.75, 3.05) is 12.4 Å². The number of amides is 2. The lowest BCUT2D eigenvalue weighted by atomic mass is 10.2. The molecule has 2 amide bonds. The van der Waals surface area contributed by atoms with Crippen molar-refractivity contribution in [2.24, 2.45) is 0 Å². The Morgan fingerprint density at radius 1 is 1.03 bits per heavy atom. The molecule has 3 N–H and O–H groups in total. The molecule has 0 saturated carbocycles.